The molecule has 7 heteroatoms. The van der Waals surface area contributed by atoms with Gasteiger partial charge in [0.15, 0.2) is 6.17 Å². The summed E-state index contributed by atoms with van der Waals surface area (Å²) in [6.45, 7) is 0. The number of aromatic nitrogens is 3. The summed E-state index contributed by atoms with van der Waals surface area (Å²) in [5.74, 6) is 1.58. The lowest BCUT2D eigenvalue weighted by atomic mass is 9.72. The van der Waals surface area contributed by atoms with Crippen LogP contribution in [0.4, 0.5) is 0 Å². The molecule has 5 aromatic carbocycles. The van der Waals surface area contributed by atoms with Gasteiger partial charge in [-0.15, -0.1) is 0 Å². The third-order valence-electron chi connectivity index (χ3n) is 11.6. The summed E-state index contributed by atoms with van der Waals surface area (Å²) in [5.41, 5.74) is 13.8. The monoisotopic (exact) mass is 814 g/mol. The molecule has 5 heterocycles. The third kappa shape index (κ3) is 6.79. The smallest absolute Gasteiger partial charge is 0.169 e. The Morgan fingerprint density at radius 1 is 0.500 bits per heavy atom. The largest absolute Gasteiger partial charge is 0.324 e. The molecule has 0 fully saturated rings. The average Bonchev–Trinajstić information content (AvgIpc) is 3.64. The number of nitrogens with zero attached hydrogens (tertiary/aromatic N) is 5. The van der Waals surface area contributed by atoms with Crippen molar-refractivity contribution in [1.82, 2.24) is 20.3 Å². The zero-order chi connectivity index (χ0) is 41.3. The van der Waals surface area contributed by atoms with Crippen LogP contribution in [0, 0.1) is 0 Å². The number of hydrogen-bond donors (Lipinski definition) is 1. The van der Waals surface area contributed by atoms with Gasteiger partial charge in [-0.3, -0.25) is 9.97 Å². The number of fused-ring (bicyclic) bond motifs is 7. The molecular weight excluding hydrogens is 777 g/mol. The van der Waals surface area contributed by atoms with E-state index < -0.39 is 11.6 Å². The first-order valence-electron chi connectivity index (χ1n) is 20.7. The van der Waals surface area contributed by atoms with Crippen molar-refractivity contribution in [1.29, 1.82) is 0 Å². The van der Waals surface area contributed by atoms with E-state index in [1.165, 1.54) is 27.8 Å². The van der Waals surface area contributed by atoms with Crippen LogP contribution in [0.2, 0.25) is 0 Å². The molecule has 0 atom stereocenters. The number of hydrogen-bond acceptors (Lipinski definition) is 7. The van der Waals surface area contributed by atoms with Gasteiger partial charge in [0.1, 0.15) is 11.7 Å². The van der Waals surface area contributed by atoms with Gasteiger partial charge in [-0.1, -0.05) is 163 Å². The number of aliphatic imine (C=N–C) groups is 2. The molecule has 0 unspecified atom stereocenters. The molecule has 3 aromatic heterocycles. The fourth-order valence-corrected chi connectivity index (χ4v) is 9.67. The molecule has 6 nitrogen and oxygen atoms in total. The Bertz CT molecular complexity index is 2960. The van der Waals surface area contributed by atoms with Crippen LogP contribution >= 0.6 is 11.8 Å². The molecule has 0 bridgehead atoms. The molecule has 11 rings (SSSR count). The van der Waals surface area contributed by atoms with Crippen LogP contribution in [0.5, 0.6) is 0 Å². The van der Waals surface area contributed by atoms with E-state index in [1.54, 1.807) is 24.2 Å². The maximum atomic E-state index is 5.25. The summed E-state index contributed by atoms with van der Waals surface area (Å²) < 4.78 is 0. The van der Waals surface area contributed by atoms with Crippen molar-refractivity contribution in [2.45, 2.75) is 16.5 Å². The molecule has 3 aliphatic rings. The van der Waals surface area contributed by atoms with Crippen LogP contribution in [0.1, 0.15) is 45.1 Å². The van der Waals surface area contributed by atoms with E-state index in [1.807, 2.05) is 72.8 Å². The highest BCUT2D eigenvalue weighted by atomic mass is 32.2. The first-order valence-corrected chi connectivity index (χ1v) is 21.5. The Kier molecular flexibility index (Phi) is 9.64. The summed E-state index contributed by atoms with van der Waals surface area (Å²) in [6.07, 6.45) is 12.2. The van der Waals surface area contributed by atoms with Crippen LogP contribution in [0.3, 0.4) is 0 Å². The highest BCUT2D eigenvalue weighted by Gasteiger charge is 2.44. The molecule has 0 saturated carbocycles. The second-order valence-electron chi connectivity index (χ2n) is 15.3. The van der Waals surface area contributed by atoms with Crippen molar-refractivity contribution in [2.75, 3.05) is 0 Å². The molecule has 2 aliphatic heterocycles. The third-order valence-corrected chi connectivity index (χ3v) is 12.5. The lowest BCUT2D eigenvalue weighted by Gasteiger charge is -2.32. The Hall–Kier alpha value is -7.74. The van der Waals surface area contributed by atoms with Crippen molar-refractivity contribution in [3.05, 3.63) is 257 Å². The first-order chi connectivity index (χ1) is 30.7. The predicted molar refractivity (Wildman–Crippen MR) is 253 cm³/mol. The maximum Gasteiger partial charge on any atom is 0.169 e. The Labute approximate surface area is 365 Å². The van der Waals surface area contributed by atoms with Gasteiger partial charge < -0.3 is 5.32 Å². The van der Waals surface area contributed by atoms with Crippen LogP contribution in [0.15, 0.2) is 233 Å². The van der Waals surface area contributed by atoms with E-state index in [0.29, 0.717) is 0 Å². The highest BCUT2D eigenvalue weighted by Crippen LogP contribution is 2.55. The van der Waals surface area contributed by atoms with Gasteiger partial charge in [0, 0.05) is 28.4 Å². The van der Waals surface area contributed by atoms with Crippen LogP contribution in [-0.2, 0) is 5.41 Å². The van der Waals surface area contributed by atoms with E-state index in [0.717, 1.165) is 67.2 Å². The molecule has 1 spiro atoms. The van der Waals surface area contributed by atoms with Gasteiger partial charge in [-0.2, -0.15) is 0 Å². The van der Waals surface area contributed by atoms with Crippen molar-refractivity contribution in [3.63, 3.8) is 0 Å². The Balaban J connectivity index is 1.09. The minimum absolute atomic E-state index is 0.469. The fourth-order valence-electron chi connectivity index (χ4n) is 8.75. The molecular formula is C55H38N6S. The number of allylic oxidation sites excluding steroid dienone is 5. The number of pyridine rings is 3. The van der Waals surface area contributed by atoms with Gasteiger partial charge in [0.25, 0.3) is 0 Å². The lowest BCUT2D eigenvalue weighted by Crippen LogP contribution is -2.36. The number of rotatable bonds is 6. The van der Waals surface area contributed by atoms with Crippen molar-refractivity contribution in [3.8, 4) is 33.9 Å². The fraction of sp³-hybridized carbons (Fsp3) is 0.0364. The number of nitrogens with one attached hydrogen (secondary N) is 1. The standard InChI is InChI=1S/C55H38N6S/c1-3-16-38(17-4-1)52-59-53(39-18-5-2-6-19-39)61-54(60-52)40-27-28-46-51(36-40)62-33-29-37(20-15-30-55(46)44-23-9-7-21-42(44)43-22-8-10-24-45(43)55)41-34-49(47-25-11-13-31-56-47)58-50(35-41)48-26-12-14-32-57-48/h1-36,54H,(H,59,60,61)/b30-15+,33-29+,37-20+. The van der Waals surface area contributed by atoms with Gasteiger partial charge in [0.2, 0.25) is 0 Å². The van der Waals surface area contributed by atoms with E-state index in [9.17, 15) is 0 Å². The molecule has 1 N–H and O–H groups in total. The van der Waals surface area contributed by atoms with Crippen LogP contribution in [0.25, 0.3) is 39.5 Å². The molecule has 0 saturated heterocycles. The molecule has 62 heavy (non-hydrogen) atoms. The molecule has 294 valence electrons. The van der Waals surface area contributed by atoms with Gasteiger partial charge in [0.05, 0.1) is 28.2 Å². The Morgan fingerprint density at radius 2 is 1.06 bits per heavy atom. The highest BCUT2D eigenvalue weighted by molar-refractivity contribution is 8.02. The van der Waals surface area contributed by atoms with Gasteiger partial charge in [-0.25, -0.2) is 15.0 Å². The van der Waals surface area contributed by atoms with Crippen molar-refractivity contribution in [2.24, 2.45) is 9.98 Å². The van der Waals surface area contributed by atoms with Crippen molar-refractivity contribution < 1.29 is 0 Å². The zero-order valence-electron chi connectivity index (χ0n) is 33.5. The van der Waals surface area contributed by atoms with E-state index in [4.69, 9.17) is 15.0 Å². The maximum absolute atomic E-state index is 5.25. The summed E-state index contributed by atoms with van der Waals surface area (Å²) in [4.78, 5) is 26.0. The van der Waals surface area contributed by atoms with Gasteiger partial charge in [-0.05, 0) is 98.5 Å². The summed E-state index contributed by atoms with van der Waals surface area (Å²) in [6, 6.07) is 61.1. The predicted octanol–water partition coefficient (Wildman–Crippen LogP) is 12.3. The molecule has 8 aromatic rings. The minimum Gasteiger partial charge on any atom is -0.324 e. The first kappa shape index (κ1) is 37.3. The molecule has 1 aliphatic carbocycles. The minimum atomic E-state index is -0.581. The molecule has 0 amide bonds. The normalized spacial score (nSPS) is 16.9. The van der Waals surface area contributed by atoms with Crippen molar-refractivity contribution >= 4 is 29.0 Å². The topological polar surface area (TPSA) is 75.4 Å². The van der Waals surface area contributed by atoms with Crippen LogP contribution < -0.4 is 5.32 Å². The lowest BCUT2D eigenvalue weighted by molar-refractivity contribution is 0.741. The number of benzene rings is 5. The second kappa shape index (κ2) is 16.0. The molecule has 0 radical (unpaired) electrons. The zero-order valence-corrected chi connectivity index (χ0v) is 34.3. The Morgan fingerprint density at radius 3 is 1.65 bits per heavy atom. The van der Waals surface area contributed by atoms with Crippen LogP contribution in [-0.4, -0.2) is 26.6 Å². The van der Waals surface area contributed by atoms with E-state index in [2.05, 4.69) is 148 Å². The van der Waals surface area contributed by atoms with Gasteiger partial charge >= 0.3 is 0 Å². The average molecular weight is 815 g/mol. The number of thioether (sulfide) groups is 1. The summed E-state index contributed by atoms with van der Waals surface area (Å²) in [7, 11) is 0. The quantitative estimate of drug-likeness (QED) is 0.181. The second-order valence-corrected chi connectivity index (χ2v) is 16.2. The summed E-state index contributed by atoms with van der Waals surface area (Å²) in [5, 5.41) is 5.75. The SMILES string of the molecule is C1=C\C2(c3ccc(C4N=C(c5ccccc5)NC(c5ccccc5)=N4)cc3S/C=C/C(c3cc(-c4ccccn4)nc(-c4ccccn4)c3)=C\1)c1ccccc1-c1ccccc12. The van der Waals surface area contributed by atoms with E-state index >= 15 is 0 Å². The summed E-state index contributed by atoms with van der Waals surface area (Å²) >= 11 is 1.72. The van der Waals surface area contributed by atoms with E-state index in [-0.39, 0.29) is 0 Å². The number of amidine groups is 2.